The Morgan fingerprint density at radius 3 is 2.60 bits per heavy atom. The summed E-state index contributed by atoms with van der Waals surface area (Å²) in [6.45, 7) is 3.36. The zero-order valence-electron chi connectivity index (χ0n) is 14.9. The molecule has 3 rings (SSSR count). The van der Waals surface area contributed by atoms with Gasteiger partial charge in [-0.2, -0.15) is 0 Å². The Kier molecular flexibility index (Phi) is 5.08. The molecule has 132 valence electrons. The number of carbonyl (C=O) groups is 1. The molecule has 0 bridgehead atoms. The molecule has 0 saturated carbocycles. The van der Waals surface area contributed by atoms with Crippen LogP contribution in [0.1, 0.15) is 35.2 Å². The molecule has 5 nitrogen and oxygen atoms in total. The maximum atomic E-state index is 13.0. The smallest absolute Gasteiger partial charge is 0.227 e. The van der Waals surface area contributed by atoms with Crippen molar-refractivity contribution in [2.75, 3.05) is 20.6 Å². The van der Waals surface area contributed by atoms with Crippen LogP contribution in [-0.4, -0.2) is 46.3 Å². The third-order valence-corrected chi connectivity index (χ3v) is 4.34. The molecule has 1 aliphatic heterocycles. The van der Waals surface area contributed by atoms with Crippen molar-refractivity contribution >= 4 is 5.91 Å². The minimum Gasteiger partial charge on any atom is -0.334 e. The van der Waals surface area contributed by atoms with E-state index in [1.165, 1.54) is 12.1 Å². The van der Waals surface area contributed by atoms with Crippen LogP contribution in [0.25, 0.3) is 0 Å². The van der Waals surface area contributed by atoms with Crippen molar-refractivity contribution in [3.63, 3.8) is 0 Å². The van der Waals surface area contributed by atoms with Gasteiger partial charge in [-0.05, 0) is 51.2 Å². The fraction of sp³-hybridized carbons (Fsp3) is 0.421. The van der Waals surface area contributed by atoms with Crippen molar-refractivity contribution in [3.8, 4) is 0 Å². The van der Waals surface area contributed by atoms with Crippen LogP contribution in [-0.2, 0) is 17.8 Å². The zero-order valence-corrected chi connectivity index (χ0v) is 14.9. The molecule has 1 unspecified atom stereocenters. The van der Waals surface area contributed by atoms with Crippen LogP contribution < -0.4 is 0 Å². The van der Waals surface area contributed by atoms with E-state index in [2.05, 4.69) is 14.9 Å². The molecule has 0 N–H and O–H groups in total. The topological polar surface area (TPSA) is 49.3 Å². The maximum Gasteiger partial charge on any atom is 0.227 e. The highest BCUT2D eigenvalue weighted by atomic mass is 19.1. The lowest BCUT2D eigenvalue weighted by Crippen LogP contribution is -2.46. The van der Waals surface area contributed by atoms with E-state index >= 15 is 0 Å². The van der Waals surface area contributed by atoms with E-state index < -0.39 is 0 Å². The monoisotopic (exact) mass is 342 g/mol. The van der Waals surface area contributed by atoms with Gasteiger partial charge in [0.25, 0.3) is 0 Å². The minimum absolute atomic E-state index is 0.00978. The Morgan fingerprint density at radius 2 is 2.00 bits per heavy atom. The van der Waals surface area contributed by atoms with Crippen LogP contribution in [0.5, 0.6) is 0 Å². The number of aromatic nitrogens is 2. The average Bonchev–Trinajstić information content (AvgIpc) is 2.47. The summed E-state index contributed by atoms with van der Waals surface area (Å²) in [6.07, 6.45) is 1.19. The Hall–Kier alpha value is -2.34. The number of halogens is 1. The van der Waals surface area contributed by atoms with E-state index in [1.807, 2.05) is 32.0 Å². The van der Waals surface area contributed by atoms with Crippen LogP contribution >= 0.6 is 0 Å². The fourth-order valence-corrected chi connectivity index (χ4v) is 3.10. The highest BCUT2D eigenvalue weighted by molar-refractivity contribution is 5.80. The fourth-order valence-electron chi connectivity index (χ4n) is 3.10. The number of rotatable bonds is 5. The van der Waals surface area contributed by atoms with Crippen molar-refractivity contribution in [1.29, 1.82) is 0 Å². The van der Waals surface area contributed by atoms with Gasteiger partial charge in [-0.1, -0.05) is 12.1 Å². The van der Waals surface area contributed by atoms with Gasteiger partial charge in [-0.15, -0.1) is 0 Å². The van der Waals surface area contributed by atoms with E-state index in [9.17, 15) is 9.18 Å². The molecule has 1 aliphatic rings. The minimum atomic E-state index is -0.289. The maximum absolute atomic E-state index is 13.0. The molecule has 0 aliphatic carbocycles. The summed E-state index contributed by atoms with van der Waals surface area (Å²) in [5.41, 5.74) is 2.69. The summed E-state index contributed by atoms with van der Waals surface area (Å²) in [5.74, 6) is 0.489. The molecule has 1 atom stereocenters. The van der Waals surface area contributed by atoms with E-state index in [4.69, 9.17) is 0 Å². The van der Waals surface area contributed by atoms with Gasteiger partial charge >= 0.3 is 0 Å². The first-order chi connectivity index (χ1) is 11.9. The number of nitrogens with zero attached hydrogens (tertiary/aromatic N) is 4. The van der Waals surface area contributed by atoms with Gasteiger partial charge in [-0.25, -0.2) is 14.4 Å². The van der Waals surface area contributed by atoms with E-state index in [-0.39, 0.29) is 24.2 Å². The number of hydrogen-bond donors (Lipinski definition) is 0. The normalized spacial score (nSPS) is 16.8. The zero-order chi connectivity index (χ0) is 18.0. The highest BCUT2D eigenvalue weighted by Gasteiger charge is 2.34. The highest BCUT2D eigenvalue weighted by Crippen LogP contribution is 2.33. The van der Waals surface area contributed by atoms with Gasteiger partial charge in [-0.3, -0.25) is 4.79 Å². The van der Waals surface area contributed by atoms with Gasteiger partial charge in [0, 0.05) is 13.1 Å². The summed E-state index contributed by atoms with van der Waals surface area (Å²) < 4.78 is 13.0. The molecule has 1 fully saturated rings. The summed E-state index contributed by atoms with van der Waals surface area (Å²) in [5, 5.41) is 0. The molecule has 25 heavy (non-hydrogen) atoms. The molecule has 1 aromatic heterocycles. The van der Waals surface area contributed by atoms with Crippen LogP contribution in [0.4, 0.5) is 4.39 Å². The standard InChI is InChI=1S/C19H23FN4O/c1-13-21-16(12-23(2)3)11-17(22-13)18-8-9-24(18)19(25)10-14-4-6-15(20)7-5-14/h4-7,11,18H,8-10,12H2,1-3H3. The van der Waals surface area contributed by atoms with E-state index in [0.717, 1.165) is 42.3 Å². The van der Waals surface area contributed by atoms with Crippen molar-refractivity contribution in [2.24, 2.45) is 0 Å². The molecular weight excluding hydrogens is 319 g/mol. The molecule has 1 saturated heterocycles. The van der Waals surface area contributed by atoms with Crippen molar-refractivity contribution in [2.45, 2.75) is 32.4 Å². The summed E-state index contributed by atoms with van der Waals surface area (Å²) in [7, 11) is 4.00. The number of carbonyl (C=O) groups excluding carboxylic acids is 1. The van der Waals surface area contributed by atoms with Gasteiger partial charge < -0.3 is 9.80 Å². The molecule has 0 radical (unpaired) electrons. The first-order valence-electron chi connectivity index (χ1n) is 8.45. The van der Waals surface area contributed by atoms with Gasteiger partial charge in [0.2, 0.25) is 5.91 Å². The largest absolute Gasteiger partial charge is 0.334 e. The second-order valence-electron chi connectivity index (χ2n) is 6.76. The Bertz CT molecular complexity index is 761. The van der Waals surface area contributed by atoms with Crippen molar-refractivity contribution in [1.82, 2.24) is 19.8 Å². The number of aryl methyl sites for hydroxylation is 1. The summed E-state index contributed by atoms with van der Waals surface area (Å²) >= 11 is 0. The lowest BCUT2D eigenvalue weighted by Gasteiger charge is -2.41. The number of amides is 1. The van der Waals surface area contributed by atoms with Crippen LogP contribution in [0.15, 0.2) is 30.3 Å². The predicted octanol–water partition coefficient (Wildman–Crippen LogP) is 2.50. The molecule has 2 heterocycles. The molecular formula is C19H23FN4O. The lowest BCUT2D eigenvalue weighted by molar-refractivity contribution is -0.138. The third-order valence-electron chi connectivity index (χ3n) is 4.34. The van der Waals surface area contributed by atoms with Crippen LogP contribution in [0.2, 0.25) is 0 Å². The van der Waals surface area contributed by atoms with Gasteiger partial charge in [0.15, 0.2) is 0 Å². The molecule has 1 aromatic carbocycles. The van der Waals surface area contributed by atoms with Crippen molar-refractivity contribution < 1.29 is 9.18 Å². The van der Waals surface area contributed by atoms with Crippen molar-refractivity contribution in [3.05, 3.63) is 58.9 Å². The Labute approximate surface area is 147 Å². The number of likely N-dealkylation sites (tertiary alicyclic amines) is 1. The molecule has 0 spiro atoms. The predicted molar refractivity (Wildman–Crippen MR) is 93.3 cm³/mol. The van der Waals surface area contributed by atoms with Crippen LogP contribution in [0.3, 0.4) is 0 Å². The quantitative estimate of drug-likeness (QED) is 0.838. The summed E-state index contributed by atoms with van der Waals surface area (Å²) in [6, 6.07) is 8.10. The van der Waals surface area contributed by atoms with Gasteiger partial charge in [0.1, 0.15) is 11.6 Å². The molecule has 1 amide bonds. The third kappa shape index (κ3) is 4.20. The van der Waals surface area contributed by atoms with E-state index in [1.54, 1.807) is 12.1 Å². The Balaban J connectivity index is 1.72. The summed E-state index contributed by atoms with van der Waals surface area (Å²) in [4.78, 5) is 25.5. The van der Waals surface area contributed by atoms with Gasteiger partial charge in [0.05, 0.1) is 23.9 Å². The lowest BCUT2D eigenvalue weighted by atomic mass is 9.97. The molecule has 2 aromatic rings. The van der Waals surface area contributed by atoms with E-state index in [0.29, 0.717) is 0 Å². The average molecular weight is 342 g/mol. The first-order valence-corrected chi connectivity index (χ1v) is 8.45. The van der Waals surface area contributed by atoms with Crippen LogP contribution in [0, 0.1) is 12.7 Å². The molecule has 6 heteroatoms. The Morgan fingerprint density at radius 1 is 1.28 bits per heavy atom. The number of hydrogen-bond acceptors (Lipinski definition) is 4. The number of benzene rings is 1. The SMILES string of the molecule is Cc1nc(CN(C)C)cc(C2CCN2C(=O)Cc2ccc(F)cc2)n1. The first kappa shape index (κ1) is 17.5. The second kappa shape index (κ2) is 7.27. The second-order valence-corrected chi connectivity index (χ2v) is 6.76.